The average molecular weight is 379 g/mol. The van der Waals surface area contributed by atoms with E-state index in [1.807, 2.05) is 35.0 Å². The first-order valence-electron chi connectivity index (χ1n) is 9.52. The number of fused-ring (bicyclic) bond motifs is 3. The maximum Gasteiger partial charge on any atom is 0.130 e. The van der Waals surface area contributed by atoms with Crippen molar-refractivity contribution in [2.45, 2.75) is 13.2 Å². The van der Waals surface area contributed by atoms with Gasteiger partial charge in [0.25, 0.3) is 0 Å². The lowest BCUT2D eigenvalue weighted by atomic mass is 10.1. The first kappa shape index (κ1) is 16.1. The lowest BCUT2D eigenvalue weighted by Crippen LogP contribution is -2.03. The Bertz CT molecular complexity index is 1340. The fourth-order valence-corrected chi connectivity index (χ4v) is 3.80. The van der Waals surface area contributed by atoms with Crippen molar-refractivity contribution in [3.8, 4) is 28.3 Å². The van der Waals surface area contributed by atoms with Gasteiger partial charge < -0.3 is 4.74 Å². The predicted molar refractivity (Wildman–Crippen MR) is 110 cm³/mol. The summed E-state index contributed by atoms with van der Waals surface area (Å²) in [6.07, 6.45) is 1.78. The minimum absolute atomic E-state index is 0.484. The number of nitrogens with one attached hydrogen (secondary N) is 1. The van der Waals surface area contributed by atoms with Gasteiger partial charge in [-0.3, -0.25) is 14.8 Å². The monoisotopic (exact) mass is 379 g/mol. The van der Waals surface area contributed by atoms with Gasteiger partial charge in [0, 0.05) is 22.9 Å². The van der Waals surface area contributed by atoms with Crippen LogP contribution in [0.4, 0.5) is 0 Å². The van der Waals surface area contributed by atoms with Crippen LogP contribution in [0.5, 0.6) is 5.75 Å². The summed E-state index contributed by atoms with van der Waals surface area (Å²) in [7, 11) is 0. The third-order valence-corrected chi connectivity index (χ3v) is 5.30. The van der Waals surface area contributed by atoms with Crippen molar-refractivity contribution in [2.75, 3.05) is 0 Å². The van der Waals surface area contributed by atoms with Crippen LogP contribution in [0.2, 0.25) is 0 Å². The van der Waals surface area contributed by atoms with Crippen molar-refractivity contribution < 1.29 is 4.74 Å². The molecule has 6 heteroatoms. The first-order chi connectivity index (χ1) is 14.3. The lowest BCUT2D eigenvalue weighted by molar-refractivity contribution is 0.302. The molecule has 0 amide bonds. The number of aromatic amines is 1. The summed E-state index contributed by atoms with van der Waals surface area (Å²) in [5.41, 5.74) is 7.88. The number of rotatable bonds is 2. The number of aromatic nitrogens is 5. The molecule has 0 fully saturated rings. The average Bonchev–Trinajstić information content (AvgIpc) is 3.34. The standard InChI is InChI=1S/C23H17N5O/c1-2-5-15(6-3-1)20-12-18-14-29-21-11-16(8-9-17(21)13-28(18)27-20)22-23-19(25-26-22)7-4-10-24-23/h1-12H,13-14H2,(H,25,26). The topological polar surface area (TPSA) is 68.6 Å². The zero-order valence-corrected chi connectivity index (χ0v) is 15.5. The van der Waals surface area contributed by atoms with Crippen LogP contribution in [0, 0.1) is 0 Å². The molecule has 0 saturated carbocycles. The van der Waals surface area contributed by atoms with Crippen LogP contribution in [0.25, 0.3) is 33.5 Å². The number of pyridine rings is 1. The number of ether oxygens (including phenoxy) is 1. The fraction of sp³-hybridized carbons (Fsp3) is 0.0870. The van der Waals surface area contributed by atoms with E-state index >= 15 is 0 Å². The number of hydrogen-bond donors (Lipinski definition) is 1. The Balaban J connectivity index is 1.36. The van der Waals surface area contributed by atoms with E-state index in [9.17, 15) is 0 Å². The lowest BCUT2D eigenvalue weighted by Gasteiger charge is -2.09. The molecule has 6 rings (SSSR count). The molecule has 0 atom stereocenters. The van der Waals surface area contributed by atoms with E-state index in [4.69, 9.17) is 9.84 Å². The molecule has 4 heterocycles. The van der Waals surface area contributed by atoms with Gasteiger partial charge in [0.05, 0.1) is 23.6 Å². The molecule has 1 aliphatic heterocycles. The van der Waals surface area contributed by atoms with Crippen LogP contribution in [0.1, 0.15) is 11.3 Å². The van der Waals surface area contributed by atoms with Crippen LogP contribution >= 0.6 is 0 Å². The van der Waals surface area contributed by atoms with Gasteiger partial charge >= 0.3 is 0 Å². The summed E-state index contributed by atoms with van der Waals surface area (Å²) in [4.78, 5) is 4.46. The van der Waals surface area contributed by atoms with E-state index in [0.717, 1.165) is 50.6 Å². The quantitative estimate of drug-likeness (QED) is 0.493. The number of H-pyrrole nitrogens is 1. The third-order valence-electron chi connectivity index (χ3n) is 5.30. The van der Waals surface area contributed by atoms with Crippen LogP contribution in [-0.4, -0.2) is 25.0 Å². The van der Waals surface area contributed by atoms with Crippen molar-refractivity contribution in [1.29, 1.82) is 0 Å². The second-order valence-electron chi connectivity index (χ2n) is 7.13. The van der Waals surface area contributed by atoms with E-state index in [1.54, 1.807) is 6.20 Å². The third kappa shape index (κ3) is 2.69. The largest absolute Gasteiger partial charge is 0.487 e. The summed E-state index contributed by atoms with van der Waals surface area (Å²) >= 11 is 0. The van der Waals surface area contributed by atoms with Crippen LogP contribution in [0.3, 0.4) is 0 Å². The molecule has 29 heavy (non-hydrogen) atoms. The Kier molecular flexibility index (Phi) is 3.49. The molecule has 3 aromatic heterocycles. The molecule has 1 N–H and O–H groups in total. The van der Waals surface area contributed by atoms with E-state index in [-0.39, 0.29) is 0 Å². The molecule has 1 aliphatic rings. The van der Waals surface area contributed by atoms with Crippen LogP contribution < -0.4 is 4.74 Å². The Morgan fingerprint density at radius 3 is 2.79 bits per heavy atom. The fourth-order valence-electron chi connectivity index (χ4n) is 3.80. The smallest absolute Gasteiger partial charge is 0.130 e. The van der Waals surface area contributed by atoms with E-state index in [1.165, 1.54) is 0 Å². The minimum Gasteiger partial charge on any atom is -0.487 e. The van der Waals surface area contributed by atoms with Gasteiger partial charge in [-0.2, -0.15) is 10.2 Å². The summed E-state index contributed by atoms with van der Waals surface area (Å²) in [6, 6.07) is 22.4. The number of hydrogen-bond acceptors (Lipinski definition) is 4. The summed E-state index contributed by atoms with van der Waals surface area (Å²) in [5, 5.41) is 12.3. The van der Waals surface area contributed by atoms with Gasteiger partial charge in [-0.25, -0.2) is 0 Å². The van der Waals surface area contributed by atoms with Crippen molar-refractivity contribution in [3.05, 3.63) is 84.2 Å². The second kappa shape index (κ2) is 6.31. The highest BCUT2D eigenvalue weighted by atomic mass is 16.5. The van der Waals surface area contributed by atoms with Crippen molar-refractivity contribution in [3.63, 3.8) is 0 Å². The van der Waals surface area contributed by atoms with Gasteiger partial charge in [0.15, 0.2) is 0 Å². The molecule has 0 aliphatic carbocycles. The molecule has 0 spiro atoms. The van der Waals surface area contributed by atoms with Gasteiger partial charge in [0.1, 0.15) is 23.4 Å². The molecular weight excluding hydrogens is 362 g/mol. The highest BCUT2D eigenvalue weighted by Gasteiger charge is 2.18. The molecule has 0 unspecified atom stereocenters. The summed E-state index contributed by atoms with van der Waals surface area (Å²) < 4.78 is 8.19. The Morgan fingerprint density at radius 2 is 1.86 bits per heavy atom. The summed E-state index contributed by atoms with van der Waals surface area (Å²) in [5.74, 6) is 0.868. The maximum atomic E-state index is 6.16. The molecule has 0 bridgehead atoms. The molecular formula is C23H17N5O. The second-order valence-corrected chi connectivity index (χ2v) is 7.13. The normalized spacial score (nSPS) is 12.8. The number of benzene rings is 2. The molecule has 0 saturated heterocycles. The molecule has 6 nitrogen and oxygen atoms in total. The maximum absolute atomic E-state index is 6.16. The Hall–Kier alpha value is -3.93. The zero-order chi connectivity index (χ0) is 19.2. The van der Waals surface area contributed by atoms with Gasteiger partial charge in [0.2, 0.25) is 0 Å². The van der Waals surface area contributed by atoms with E-state index in [2.05, 4.69) is 51.6 Å². The molecule has 5 aromatic rings. The highest BCUT2D eigenvalue weighted by Crippen LogP contribution is 2.33. The Morgan fingerprint density at radius 1 is 0.931 bits per heavy atom. The first-order valence-corrected chi connectivity index (χ1v) is 9.52. The van der Waals surface area contributed by atoms with E-state index < -0.39 is 0 Å². The van der Waals surface area contributed by atoms with Crippen molar-refractivity contribution >= 4 is 11.0 Å². The van der Waals surface area contributed by atoms with Crippen LogP contribution in [0.15, 0.2) is 72.9 Å². The van der Waals surface area contributed by atoms with Gasteiger partial charge in [-0.05, 0) is 24.3 Å². The molecule has 2 aromatic carbocycles. The minimum atomic E-state index is 0.484. The van der Waals surface area contributed by atoms with E-state index in [0.29, 0.717) is 13.2 Å². The highest BCUT2D eigenvalue weighted by molar-refractivity contribution is 5.89. The molecule has 140 valence electrons. The SMILES string of the molecule is c1ccc(-c2cc3n(n2)Cc2ccc(-c4[nH]nc5cccnc45)cc2OC3)cc1. The summed E-state index contributed by atoms with van der Waals surface area (Å²) in [6.45, 7) is 1.16. The zero-order valence-electron chi connectivity index (χ0n) is 15.5. The Labute approximate surface area is 166 Å². The predicted octanol–water partition coefficient (Wildman–Crippen LogP) is 4.43. The number of nitrogens with zero attached hydrogens (tertiary/aromatic N) is 4. The molecule has 0 radical (unpaired) electrons. The van der Waals surface area contributed by atoms with Crippen molar-refractivity contribution in [1.82, 2.24) is 25.0 Å². The van der Waals surface area contributed by atoms with Crippen LogP contribution in [-0.2, 0) is 13.2 Å². The van der Waals surface area contributed by atoms with Gasteiger partial charge in [-0.1, -0.05) is 42.5 Å². The van der Waals surface area contributed by atoms with Crippen molar-refractivity contribution in [2.24, 2.45) is 0 Å². The van der Waals surface area contributed by atoms with Gasteiger partial charge in [-0.15, -0.1) is 0 Å².